The highest BCUT2D eigenvalue weighted by atomic mass is 32.2. The number of aryl methyl sites for hydroxylation is 1. The van der Waals surface area contributed by atoms with Crippen LogP contribution >= 0.6 is 11.8 Å². The molecule has 0 radical (unpaired) electrons. The molecule has 2 aromatic carbocycles. The Kier molecular flexibility index (Phi) is 5.36. The topological polar surface area (TPSA) is 85.1 Å². The van der Waals surface area contributed by atoms with Crippen molar-refractivity contribution in [1.29, 1.82) is 0 Å². The molecule has 6 nitrogen and oxygen atoms in total. The van der Waals surface area contributed by atoms with Gasteiger partial charge < -0.3 is 5.32 Å². The van der Waals surface area contributed by atoms with Gasteiger partial charge in [-0.25, -0.2) is 4.98 Å². The Labute approximate surface area is 159 Å². The number of hydrogen-bond donors (Lipinski definition) is 1. The van der Waals surface area contributed by atoms with E-state index in [1.165, 1.54) is 17.8 Å². The van der Waals surface area contributed by atoms with Crippen molar-refractivity contribution < 1.29 is 14.1 Å². The van der Waals surface area contributed by atoms with Gasteiger partial charge in [0.15, 0.2) is 0 Å². The fourth-order valence-electron chi connectivity index (χ4n) is 2.59. The second-order valence-corrected chi connectivity index (χ2v) is 7.33. The number of rotatable bonds is 5. The number of nitro benzene ring substituents is 1. The summed E-state index contributed by atoms with van der Waals surface area (Å²) in [6.45, 7) is 3.70. The molecule has 0 aliphatic carbocycles. The van der Waals surface area contributed by atoms with Crippen LogP contribution in [0.3, 0.4) is 0 Å². The molecule has 1 unspecified atom stereocenters. The number of carbonyl (C=O) groups excluding carboxylic acids is 1. The van der Waals surface area contributed by atoms with Gasteiger partial charge in [-0.1, -0.05) is 30.0 Å². The van der Waals surface area contributed by atoms with Gasteiger partial charge in [-0.15, -0.1) is 0 Å². The van der Waals surface area contributed by atoms with Crippen LogP contribution in [0.2, 0.25) is 0 Å². The van der Waals surface area contributed by atoms with E-state index in [1.54, 1.807) is 6.92 Å². The summed E-state index contributed by atoms with van der Waals surface area (Å²) in [6, 6.07) is 12.9. The van der Waals surface area contributed by atoms with Gasteiger partial charge in [0, 0.05) is 17.1 Å². The molecule has 8 heteroatoms. The normalized spacial score (nSPS) is 12.0. The summed E-state index contributed by atoms with van der Waals surface area (Å²) in [6.07, 6.45) is 0. The summed E-state index contributed by atoms with van der Waals surface area (Å²) in [5.74, 6) is -1.30. The first-order chi connectivity index (χ1) is 12.8. The number of para-hydroxylation sites is 1. The van der Waals surface area contributed by atoms with Crippen molar-refractivity contribution >= 4 is 39.9 Å². The molecule has 0 aliphatic heterocycles. The second-order valence-electron chi connectivity index (χ2n) is 5.97. The van der Waals surface area contributed by atoms with Crippen LogP contribution in [0.25, 0.3) is 10.9 Å². The lowest BCUT2D eigenvalue weighted by atomic mass is 10.1. The van der Waals surface area contributed by atoms with Crippen LogP contribution in [-0.4, -0.2) is 21.1 Å². The van der Waals surface area contributed by atoms with Gasteiger partial charge in [0.05, 0.1) is 20.7 Å². The number of thioether (sulfide) groups is 1. The van der Waals surface area contributed by atoms with Crippen molar-refractivity contribution in [2.75, 3.05) is 5.32 Å². The Morgan fingerprint density at radius 3 is 2.74 bits per heavy atom. The van der Waals surface area contributed by atoms with Gasteiger partial charge in [0.25, 0.3) is 0 Å². The summed E-state index contributed by atoms with van der Waals surface area (Å²) >= 11 is 1.28. The first kappa shape index (κ1) is 18.8. The highest BCUT2D eigenvalue weighted by molar-refractivity contribution is 8.00. The number of anilines is 1. The lowest BCUT2D eigenvalue weighted by Gasteiger charge is -2.13. The van der Waals surface area contributed by atoms with Gasteiger partial charge in [0.1, 0.15) is 0 Å². The van der Waals surface area contributed by atoms with Gasteiger partial charge in [-0.2, -0.15) is 4.39 Å². The molecule has 27 heavy (non-hydrogen) atoms. The minimum atomic E-state index is -0.948. The smallest absolute Gasteiger partial charge is 0.306 e. The van der Waals surface area contributed by atoms with E-state index in [4.69, 9.17) is 0 Å². The average Bonchev–Trinajstić information content (AvgIpc) is 2.63. The summed E-state index contributed by atoms with van der Waals surface area (Å²) < 4.78 is 13.4. The maximum absolute atomic E-state index is 13.4. The average molecular weight is 385 g/mol. The van der Waals surface area contributed by atoms with E-state index in [-0.39, 0.29) is 11.6 Å². The third-order valence-corrected chi connectivity index (χ3v) is 4.99. The lowest BCUT2D eigenvalue weighted by molar-refractivity contribution is -0.387. The predicted molar refractivity (Wildman–Crippen MR) is 103 cm³/mol. The van der Waals surface area contributed by atoms with Gasteiger partial charge >= 0.3 is 5.69 Å². The van der Waals surface area contributed by atoms with Crippen molar-refractivity contribution in [2.24, 2.45) is 0 Å². The highest BCUT2D eigenvalue weighted by Crippen LogP contribution is 2.28. The number of nitro groups is 1. The Morgan fingerprint density at radius 2 is 2.00 bits per heavy atom. The number of aromatic nitrogens is 1. The molecule has 138 valence electrons. The Hall–Kier alpha value is -3.00. The van der Waals surface area contributed by atoms with E-state index < -0.39 is 21.7 Å². The van der Waals surface area contributed by atoms with Crippen molar-refractivity contribution in [1.82, 2.24) is 4.98 Å². The fraction of sp³-hybridized carbons (Fsp3) is 0.158. The molecular formula is C19H16FN3O3S. The third-order valence-electron chi connectivity index (χ3n) is 3.98. The van der Waals surface area contributed by atoms with Gasteiger partial charge in [0.2, 0.25) is 11.7 Å². The molecule has 3 aromatic rings. The number of hydrogen-bond acceptors (Lipinski definition) is 5. The van der Waals surface area contributed by atoms with Crippen LogP contribution in [0.15, 0.2) is 53.6 Å². The predicted octanol–water partition coefficient (Wildman–Crippen LogP) is 4.71. The summed E-state index contributed by atoms with van der Waals surface area (Å²) in [7, 11) is 0. The van der Waals surface area contributed by atoms with E-state index >= 15 is 0 Å². The maximum Gasteiger partial charge on any atom is 0.306 e. The standard InChI is InChI=1S/C19H16FN3O3S/c1-11-9-18(22-16-6-4-3-5-14(11)16)27-12(2)19(24)21-13-7-8-15(20)17(10-13)23(25)26/h3-10,12H,1-2H3,(H,21,24). The molecule has 0 spiro atoms. The van der Waals surface area contributed by atoms with E-state index in [2.05, 4.69) is 10.3 Å². The molecular weight excluding hydrogens is 369 g/mol. The number of pyridine rings is 1. The number of benzene rings is 2. The van der Waals surface area contributed by atoms with E-state index in [1.807, 2.05) is 37.3 Å². The van der Waals surface area contributed by atoms with Gasteiger partial charge in [-0.3, -0.25) is 14.9 Å². The number of nitrogens with one attached hydrogen (secondary N) is 1. The van der Waals surface area contributed by atoms with Crippen LogP contribution in [0.5, 0.6) is 0 Å². The first-order valence-electron chi connectivity index (χ1n) is 8.13. The second kappa shape index (κ2) is 7.71. The molecule has 0 saturated heterocycles. The number of amides is 1. The molecule has 1 N–H and O–H groups in total. The molecule has 0 aliphatic rings. The molecule has 3 rings (SSSR count). The monoisotopic (exact) mass is 385 g/mol. The molecule has 0 saturated carbocycles. The molecule has 0 fully saturated rings. The molecule has 1 atom stereocenters. The summed E-state index contributed by atoms with van der Waals surface area (Å²) in [4.78, 5) is 27.0. The number of fused-ring (bicyclic) bond motifs is 1. The maximum atomic E-state index is 13.4. The molecule has 1 amide bonds. The van der Waals surface area contributed by atoms with Gasteiger partial charge in [-0.05, 0) is 43.7 Å². The van der Waals surface area contributed by atoms with E-state index in [9.17, 15) is 19.3 Å². The first-order valence-corrected chi connectivity index (χ1v) is 9.01. The quantitative estimate of drug-likeness (QED) is 0.391. The SMILES string of the molecule is Cc1cc(SC(C)C(=O)Nc2ccc(F)c([N+](=O)[O-])c2)nc2ccccc12. The van der Waals surface area contributed by atoms with Crippen molar-refractivity contribution in [3.05, 3.63) is 70.0 Å². The van der Waals surface area contributed by atoms with Crippen molar-refractivity contribution in [2.45, 2.75) is 24.1 Å². The minimum Gasteiger partial charge on any atom is -0.325 e. The van der Waals surface area contributed by atoms with Crippen molar-refractivity contribution in [3.63, 3.8) is 0 Å². The minimum absolute atomic E-state index is 0.170. The Bertz CT molecular complexity index is 1040. The van der Waals surface area contributed by atoms with E-state index in [0.717, 1.165) is 28.6 Å². The van der Waals surface area contributed by atoms with Crippen LogP contribution < -0.4 is 5.32 Å². The molecule has 0 bridgehead atoms. The highest BCUT2D eigenvalue weighted by Gasteiger charge is 2.19. The molecule has 1 aromatic heterocycles. The largest absolute Gasteiger partial charge is 0.325 e. The summed E-state index contributed by atoms with van der Waals surface area (Å²) in [5, 5.41) is 14.7. The van der Waals surface area contributed by atoms with Crippen LogP contribution in [0, 0.1) is 22.9 Å². The number of carbonyl (C=O) groups is 1. The lowest BCUT2D eigenvalue weighted by Crippen LogP contribution is -2.22. The Morgan fingerprint density at radius 1 is 1.26 bits per heavy atom. The molecule has 1 heterocycles. The number of halogens is 1. The van der Waals surface area contributed by atoms with E-state index in [0.29, 0.717) is 5.03 Å². The van der Waals surface area contributed by atoms with Crippen molar-refractivity contribution in [3.8, 4) is 0 Å². The zero-order valence-electron chi connectivity index (χ0n) is 14.6. The Balaban J connectivity index is 1.75. The third kappa shape index (κ3) is 4.22. The zero-order chi connectivity index (χ0) is 19.6. The fourth-order valence-corrected chi connectivity index (χ4v) is 3.51. The van der Waals surface area contributed by atoms with Crippen LogP contribution in [0.4, 0.5) is 15.8 Å². The van der Waals surface area contributed by atoms with Crippen LogP contribution in [-0.2, 0) is 4.79 Å². The van der Waals surface area contributed by atoms with Crippen LogP contribution in [0.1, 0.15) is 12.5 Å². The zero-order valence-corrected chi connectivity index (χ0v) is 15.4. The summed E-state index contributed by atoms with van der Waals surface area (Å²) in [5.41, 5.74) is 1.40. The number of nitrogens with zero attached hydrogens (tertiary/aromatic N) is 2.